The third-order valence-electron chi connectivity index (χ3n) is 5.73. The molecule has 0 saturated carbocycles. The summed E-state index contributed by atoms with van der Waals surface area (Å²) in [5, 5.41) is 0.668. The molecular weight excluding hydrogens is 390 g/mol. The standard InChI is InChI=1S/C21H26ClN5O2/c1-13-9-14(2)11-26(10-13)20-23-18-17(19(28)25(4)21(29)24(18)3)27(20)12-15-5-7-16(22)8-6-15/h5-8,13-14H,9-12H2,1-4H3/t13-,14+. The largest absolute Gasteiger partial charge is 0.342 e. The number of hydrogen-bond donors (Lipinski definition) is 0. The first-order valence-corrected chi connectivity index (χ1v) is 10.3. The Bertz CT molecular complexity index is 1160. The highest BCUT2D eigenvalue weighted by molar-refractivity contribution is 6.30. The van der Waals surface area contributed by atoms with Gasteiger partial charge in [-0.1, -0.05) is 37.6 Å². The fourth-order valence-electron chi connectivity index (χ4n) is 4.42. The number of fused-ring (bicyclic) bond motifs is 1. The van der Waals surface area contributed by atoms with E-state index in [1.807, 2.05) is 28.8 Å². The van der Waals surface area contributed by atoms with Gasteiger partial charge >= 0.3 is 5.69 Å². The lowest BCUT2D eigenvalue weighted by molar-refractivity contribution is 0.352. The molecule has 8 heteroatoms. The van der Waals surface area contributed by atoms with Gasteiger partial charge < -0.3 is 4.90 Å². The molecule has 0 bridgehead atoms. The average Bonchev–Trinajstić information content (AvgIpc) is 3.05. The molecule has 154 valence electrons. The van der Waals surface area contributed by atoms with Crippen LogP contribution in [0.3, 0.4) is 0 Å². The number of nitrogens with zero attached hydrogens (tertiary/aromatic N) is 5. The van der Waals surface area contributed by atoms with Gasteiger partial charge in [-0.2, -0.15) is 4.98 Å². The Morgan fingerprint density at radius 3 is 2.28 bits per heavy atom. The molecule has 1 aliphatic rings. The topological polar surface area (TPSA) is 65.1 Å². The van der Waals surface area contributed by atoms with Crippen LogP contribution in [-0.4, -0.2) is 31.8 Å². The van der Waals surface area contributed by atoms with Crippen LogP contribution in [0.4, 0.5) is 5.95 Å². The van der Waals surface area contributed by atoms with Crippen LogP contribution >= 0.6 is 11.6 Å². The van der Waals surface area contributed by atoms with Crippen molar-refractivity contribution >= 4 is 28.7 Å². The van der Waals surface area contributed by atoms with Gasteiger partial charge in [-0.05, 0) is 36.0 Å². The molecule has 0 N–H and O–H groups in total. The Hall–Kier alpha value is -2.54. The minimum absolute atomic E-state index is 0.325. The normalized spacial score (nSPS) is 19.8. The smallest absolute Gasteiger partial charge is 0.332 e. The highest BCUT2D eigenvalue weighted by Gasteiger charge is 2.28. The first-order valence-electron chi connectivity index (χ1n) is 9.92. The zero-order valence-electron chi connectivity index (χ0n) is 17.2. The molecule has 0 spiro atoms. The van der Waals surface area contributed by atoms with Gasteiger partial charge in [0.2, 0.25) is 5.95 Å². The lowest BCUT2D eigenvalue weighted by Crippen LogP contribution is -2.40. The van der Waals surface area contributed by atoms with Gasteiger partial charge in [0.1, 0.15) is 0 Å². The predicted molar refractivity (Wildman–Crippen MR) is 116 cm³/mol. The lowest BCUT2D eigenvalue weighted by atomic mass is 9.92. The van der Waals surface area contributed by atoms with Crippen molar-refractivity contribution in [1.29, 1.82) is 0 Å². The number of hydrogen-bond acceptors (Lipinski definition) is 4. The van der Waals surface area contributed by atoms with Gasteiger partial charge in [0, 0.05) is 32.2 Å². The van der Waals surface area contributed by atoms with E-state index in [0.717, 1.165) is 29.2 Å². The number of imidazole rings is 1. The molecule has 0 radical (unpaired) electrons. The predicted octanol–water partition coefficient (Wildman–Crippen LogP) is 2.62. The Morgan fingerprint density at radius 1 is 1.03 bits per heavy atom. The lowest BCUT2D eigenvalue weighted by Gasteiger charge is -2.35. The summed E-state index contributed by atoms with van der Waals surface area (Å²) >= 11 is 6.04. The van der Waals surface area contributed by atoms with Gasteiger partial charge in [0.25, 0.3) is 5.56 Å². The van der Waals surface area contributed by atoms with Crippen molar-refractivity contribution in [2.45, 2.75) is 26.8 Å². The van der Waals surface area contributed by atoms with Crippen LogP contribution in [0.1, 0.15) is 25.8 Å². The van der Waals surface area contributed by atoms with Crippen molar-refractivity contribution in [2.24, 2.45) is 25.9 Å². The molecule has 4 rings (SSSR count). The van der Waals surface area contributed by atoms with Crippen LogP contribution in [0.2, 0.25) is 5.02 Å². The summed E-state index contributed by atoms with van der Waals surface area (Å²) in [6.45, 7) is 6.72. The number of benzene rings is 1. The molecule has 7 nitrogen and oxygen atoms in total. The molecule has 3 aromatic rings. The molecular formula is C21H26ClN5O2. The molecule has 3 heterocycles. The maximum absolute atomic E-state index is 13.0. The second-order valence-corrected chi connectivity index (χ2v) is 8.79. The summed E-state index contributed by atoms with van der Waals surface area (Å²) in [6.07, 6.45) is 1.17. The quantitative estimate of drug-likeness (QED) is 0.659. The summed E-state index contributed by atoms with van der Waals surface area (Å²) in [4.78, 5) is 32.5. The molecule has 0 unspecified atom stereocenters. The Balaban J connectivity index is 1.95. The molecule has 0 aliphatic carbocycles. The fourth-order valence-corrected chi connectivity index (χ4v) is 4.55. The van der Waals surface area contributed by atoms with Gasteiger partial charge in [0.05, 0.1) is 6.54 Å². The fraction of sp³-hybridized carbons (Fsp3) is 0.476. The highest BCUT2D eigenvalue weighted by Crippen LogP contribution is 2.28. The molecule has 1 fully saturated rings. The van der Waals surface area contributed by atoms with Crippen molar-refractivity contribution in [3.8, 4) is 0 Å². The summed E-state index contributed by atoms with van der Waals surface area (Å²) < 4.78 is 4.55. The molecule has 0 amide bonds. The summed E-state index contributed by atoms with van der Waals surface area (Å²) in [5.41, 5.74) is 1.20. The monoisotopic (exact) mass is 415 g/mol. The van der Waals surface area contributed by atoms with Crippen LogP contribution in [0.25, 0.3) is 11.2 Å². The molecule has 2 atom stereocenters. The van der Waals surface area contributed by atoms with E-state index in [-0.39, 0.29) is 11.2 Å². The van der Waals surface area contributed by atoms with Crippen LogP contribution in [-0.2, 0) is 20.6 Å². The second kappa shape index (κ2) is 7.37. The minimum atomic E-state index is -0.370. The van der Waals surface area contributed by atoms with Crippen LogP contribution in [0, 0.1) is 11.8 Å². The van der Waals surface area contributed by atoms with Gasteiger partial charge in [-0.25, -0.2) is 4.79 Å². The van der Waals surface area contributed by atoms with Crippen molar-refractivity contribution < 1.29 is 0 Å². The van der Waals surface area contributed by atoms with E-state index < -0.39 is 0 Å². The van der Waals surface area contributed by atoms with Crippen molar-refractivity contribution in [3.63, 3.8) is 0 Å². The number of halogens is 1. The Labute approximate surface area is 174 Å². The third-order valence-corrected chi connectivity index (χ3v) is 5.99. The van der Waals surface area contributed by atoms with E-state index in [1.54, 1.807) is 7.05 Å². The van der Waals surface area contributed by atoms with Crippen LogP contribution in [0.5, 0.6) is 0 Å². The molecule has 1 saturated heterocycles. The van der Waals surface area contributed by atoms with Gasteiger partial charge in [-0.3, -0.25) is 18.5 Å². The number of anilines is 1. The maximum atomic E-state index is 13.0. The summed E-state index contributed by atoms with van der Waals surface area (Å²) in [7, 11) is 3.17. The molecule has 29 heavy (non-hydrogen) atoms. The Kier molecular flexibility index (Phi) is 5.02. The van der Waals surface area contributed by atoms with Crippen molar-refractivity contribution in [2.75, 3.05) is 18.0 Å². The average molecular weight is 416 g/mol. The maximum Gasteiger partial charge on any atom is 0.332 e. The first-order chi connectivity index (χ1) is 13.8. The van der Waals surface area contributed by atoms with E-state index in [0.29, 0.717) is 34.6 Å². The zero-order valence-corrected chi connectivity index (χ0v) is 18.0. The number of aromatic nitrogens is 4. The first kappa shape index (κ1) is 19.8. The summed E-state index contributed by atoms with van der Waals surface area (Å²) in [5.74, 6) is 1.81. The minimum Gasteiger partial charge on any atom is -0.342 e. The number of rotatable bonds is 3. The molecule has 2 aromatic heterocycles. The zero-order chi connectivity index (χ0) is 20.9. The summed E-state index contributed by atoms with van der Waals surface area (Å²) in [6, 6.07) is 7.58. The molecule has 1 aliphatic heterocycles. The van der Waals surface area contributed by atoms with Crippen LogP contribution in [0.15, 0.2) is 33.9 Å². The molecule has 1 aromatic carbocycles. The number of piperidine rings is 1. The van der Waals surface area contributed by atoms with Crippen molar-refractivity contribution in [3.05, 3.63) is 55.7 Å². The van der Waals surface area contributed by atoms with Gasteiger partial charge in [0.15, 0.2) is 11.2 Å². The van der Waals surface area contributed by atoms with E-state index >= 15 is 0 Å². The highest BCUT2D eigenvalue weighted by atomic mass is 35.5. The van der Waals surface area contributed by atoms with Crippen molar-refractivity contribution in [1.82, 2.24) is 18.7 Å². The van der Waals surface area contributed by atoms with E-state index in [9.17, 15) is 9.59 Å². The third kappa shape index (κ3) is 3.48. The SMILES string of the molecule is C[C@@H]1C[C@H](C)CN(c2nc3c(c(=O)n(C)c(=O)n3C)n2Cc2ccc(Cl)cc2)C1. The van der Waals surface area contributed by atoms with Gasteiger partial charge in [-0.15, -0.1) is 0 Å². The van der Waals surface area contributed by atoms with Crippen LogP contribution < -0.4 is 16.1 Å². The van der Waals surface area contributed by atoms with E-state index in [2.05, 4.69) is 18.7 Å². The van der Waals surface area contributed by atoms with E-state index in [4.69, 9.17) is 16.6 Å². The Morgan fingerprint density at radius 2 is 1.66 bits per heavy atom. The number of aryl methyl sites for hydroxylation is 1. The second-order valence-electron chi connectivity index (χ2n) is 8.35. The van der Waals surface area contributed by atoms with E-state index in [1.165, 1.54) is 18.0 Å².